The van der Waals surface area contributed by atoms with Gasteiger partial charge in [-0.2, -0.15) is 0 Å². The molecular weight excluding hydrogens is 248 g/mol. The quantitative estimate of drug-likeness (QED) is 0.770. The van der Waals surface area contributed by atoms with Crippen molar-refractivity contribution in [3.05, 3.63) is 71.3 Å². The van der Waals surface area contributed by atoms with Gasteiger partial charge in [-0.25, -0.2) is 0 Å². The molecule has 2 heteroatoms. The molecule has 1 heterocycles. The Morgan fingerprint density at radius 3 is 2.35 bits per heavy atom. The van der Waals surface area contributed by atoms with Gasteiger partial charge in [0, 0.05) is 5.92 Å². The fourth-order valence-corrected chi connectivity index (χ4v) is 2.98. The molecule has 2 atom stereocenters. The Labute approximate surface area is 119 Å². The van der Waals surface area contributed by atoms with Gasteiger partial charge in [0.25, 0.3) is 0 Å². The van der Waals surface area contributed by atoms with Crippen LogP contribution in [0.15, 0.2) is 54.6 Å². The van der Waals surface area contributed by atoms with Crippen LogP contribution in [0.25, 0.3) is 0 Å². The minimum atomic E-state index is -0.577. The summed E-state index contributed by atoms with van der Waals surface area (Å²) in [5.74, 6) is -0.0548. The van der Waals surface area contributed by atoms with Gasteiger partial charge in [0.2, 0.25) is 0 Å². The maximum absolute atomic E-state index is 11.9. The van der Waals surface area contributed by atoms with E-state index in [2.05, 4.69) is 43.3 Å². The molecule has 0 spiro atoms. The number of esters is 1. The Balaban J connectivity index is 2.05. The second-order valence-electron chi connectivity index (χ2n) is 5.61. The molecule has 0 aliphatic carbocycles. The highest BCUT2D eigenvalue weighted by Crippen LogP contribution is 2.47. The summed E-state index contributed by atoms with van der Waals surface area (Å²) in [6, 6.07) is 18.4. The van der Waals surface area contributed by atoms with Crippen LogP contribution in [0.4, 0.5) is 0 Å². The highest BCUT2D eigenvalue weighted by molar-refractivity contribution is 5.75. The van der Waals surface area contributed by atoms with Crippen LogP contribution in [0, 0.1) is 6.92 Å². The largest absolute Gasteiger partial charge is 0.454 e. The van der Waals surface area contributed by atoms with Crippen molar-refractivity contribution in [2.45, 2.75) is 31.8 Å². The van der Waals surface area contributed by atoms with Gasteiger partial charge in [0.1, 0.15) is 5.60 Å². The van der Waals surface area contributed by atoms with Crippen molar-refractivity contribution in [2.24, 2.45) is 0 Å². The lowest BCUT2D eigenvalue weighted by Gasteiger charge is -2.30. The standard InChI is InChI=1S/C18H18O2/c1-13-8-10-15(11-9-13)18(2)16(12-17(19)20-18)14-6-4-3-5-7-14/h3-11,16H,12H2,1-2H3/t16-,18+/m0/s1. The normalized spacial score (nSPS) is 25.5. The van der Waals surface area contributed by atoms with Crippen molar-refractivity contribution < 1.29 is 9.53 Å². The Morgan fingerprint density at radius 1 is 1.05 bits per heavy atom. The van der Waals surface area contributed by atoms with E-state index in [1.54, 1.807) is 0 Å². The van der Waals surface area contributed by atoms with E-state index in [1.807, 2.05) is 25.1 Å². The van der Waals surface area contributed by atoms with Crippen LogP contribution in [0.2, 0.25) is 0 Å². The van der Waals surface area contributed by atoms with E-state index < -0.39 is 5.60 Å². The van der Waals surface area contributed by atoms with Gasteiger partial charge in [-0.3, -0.25) is 4.79 Å². The van der Waals surface area contributed by atoms with Crippen LogP contribution < -0.4 is 0 Å². The molecular formula is C18H18O2. The van der Waals surface area contributed by atoms with Crippen LogP contribution in [0.1, 0.15) is 36.0 Å². The predicted octanol–water partition coefficient (Wildman–Crippen LogP) is 3.94. The van der Waals surface area contributed by atoms with Crippen molar-refractivity contribution in [1.82, 2.24) is 0 Å². The Bertz CT molecular complexity index is 616. The molecule has 0 aromatic heterocycles. The summed E-state index contributed by atoms with van der Waals surface area (Å²) in [4.78, 5) is 11.9. The van der Waals surface area contributed by atoms with Crippen LogP contribution in [-0.2, 0) is 15.1 Å². The van der Waals surface area contributed by atoms with E-state index in [0.717, 1.165) is 11.1 Å². The Morgan fingerprint density at radius 2 is 1.70 bits per heavy atom. The van der Waals surface area contributed by atoms with Gasteiger partial charge >= 0.3 is 5.97 Å². The average molecular weight is 266 g/mol. The number of carbonyl (C=O) groups is 1. The number of carbonyl (C=O) groups excluding carboxylic acids is 1. The number of hydrogen-bond acceptors (Lipinski definition) is 2. The number of ether oxygens (including phenoxy) is 1. The zero-order valence-corrected chi connectivity index (χ0v) is 11.8. The second kappa shape index (κ2) is 4.78. The zero-order valence-electron chi connectivity index (χ0n) is 11.8. The summed E-state index contributed by atoms with van der Waals surface area (Å²) < 4.78 is 5.70. The summed E-state index contributed by atoms with van der Waals surface area (Å²) in [6.45, 7) is 4.07. The van der Waals surface area contributed by atoms with Crippen LogP contribution in [0.3, 0.4) is 0 Å². The molecule has 0 radical (unpaired) electrons. The van der Waals surface area contributed by atoms with Crippen molar-refractivity contribution in [1.29, 1.82) is 0 Å². The molecule has 1 saturated heterocycles. The fourth-order valence-electron chi connectivity index (χ4n) is 2.98. The van der Waals surface area contributed by atoms with E-state index in [-0.39, 0.29) is 11.9 Å². The molecule has 2 aromatic rings. The van der Waals surface area contributed by atoms with E-state index in [9.17, 15) is 4.79 Å². The maximum atomic E-state index is 11.9. The van der Waals surface area contributed by atoms with Gasteiger partial charge in [-0.05, 0) is 25.0 Å². The summed E-state index contributed by atoms with van der Waals surface area (Å²) in [5.41, 5.74) is 2.84. The van der Waals surface area contributed by atoms with Crippen molar-refractivity contribution >= 4 is 5.97 Å². The molecule has 0 N–H and O–H groups in total. The van der Waals surface area contributed by atoms with E-state index >= 15 is 0 Å². The fraction of sp³-hybridized carbons (Fsp3) is 0.278. The van der Waals surface area contributed by atoms with Crippen LogP contribution in [-0.4, -0.2) is 5.97 Å². The third-order valence-electron chi connectivity index (χ3n) is 4.19. The van der Waals surface area contributed by atoms with Gasteiger partial charge in [-0.15, -0.1) is 0 Å². The lowest BCUT2D eigenvalue weighted by molar-refractivity contribution is -0.148. The lowest BCUT2D eigenvalue weighted by Crippen LogP contribution is -2.27. The monoisotopic (exact) mass is 266 g/mol. The number of cyclic esters (lactones) is 1. The van der Waals surface area contributed by atoms with E-state index in [1.165, 1.54) is 5.56 Å². The first-order valence-electron chi connectivity index (χ1n) is 6.93. The van der Waals surface area contributed by atoms with Gasteiger partial charge in [0.05, 0.1) is 6.42 Å². The molecule has 0 unspecified atom stereocenters. The third-order valence-corrected chi connectivity index (χ3v) is 4.19. The Hall–Kier alpha value is -2.09. The van der Waals surface area contributed by atoms with Gasteiger partial charge < -0.3 is 4.74 Å². The van der Waals surface area contributed by atoms with Crippen molar-refractivity contribution in [3.63, 3.8) is 0 Å². The minimum absolute atomic E-state index is 0.0684. The smallest absolute Gasteiger partial charge is 0.307 e. The van der Waals surface area contributed by atoms with Gasteiger partial charge in [0.15, 0.2) is 0 Å². The summed E-state index contributed by atoms with van der Waals surface area (Å²) in [6.07, 6.45) is 0.439. The summed E-state index contributed by atoms with van der Waals surface area (Å²) in [5, 5.41) is 0. The van der Waals surface area contributed by atoms with Crippen molar-refractivity contribution in [2.75, 3.05) is 0 Å². The van der Waals surface area contributed by atoms with Gasteiger partial charge in [-0.1, -0.05) is 60.2 Å². The first-order valence-corrected chi connectivity index (χ1v) is 6.93. The van der Waals surface area contributed by atoms with E-state index in [4.69, 9.17) is 4.74 Å². The molecule has 2 nitrogen and oxygen atoms in total. The van der Waals surface area contributed by atoms with Crippen LogP contribution >= 0.6 is 0 Å². The van der Waals surface area contributed by atoms with E-state index in [0.29, 0.717) is 6.42 Å². The second-order valence-corrected chi connectivity index (χ2v) is 5.61. The zero-order chi connectivity index (χ0) is 14.2. The number of rotatable bonds is 2. The highest BCUT2D eigenvalue weighted by atomic mass is 16.6. The number of benzene rings is 2. The third kappa shape index (κ3) is 2.11. The number of aryl methyl sites for hydroxylation is 1. The molecule has 102 valence electrons. The molecule has 2 aromatic carbocycles. The van der Waals surface area contributed by atoms with Crippen molar-refractivity contribution in [3.8, 4) is 0 Å². The lowest BCUT2D eigenvalue weighted by atomic mass is 9.78. The molecule has 0 saturated carbocycles. The molecule has 1 aliphatic heterocycles. The molecule has 1 fully saturated rings. The maximum Gasteiger partial charge on any atom is 0.307 e. The SMILES string of the molecule is Cc1ccc([C@@]2(C)OC(=O)C[C@H]2c2ccccc2)cc1. The Kier molecular flexibility index (Phi) is 3.09. The first-order chi connectivity index (χ1) is 9.59. The summed E-state index contributed by atoms with van der Waals surface area (Å²) >= 11 is 0. The molecule has 3 rings (SSSR count). The summed E-state index contributed by atoms with van der Waals surface area (Å²) in [7, 11) is 0. The number of hydrogen-bond donors (Lipinski definition) is 0. The predicted molar refractivity (Wildman–Crippen MR) is 78.4 cm³/mol. The molecule has 1 aliphatic rings. The van der Waals surface area contributed by atoms with Crippen LogP contribution in [0.5, 0.6) is 0 Å². The minimum Gasteiger partial charge on any atom is -0.454 e. The topological polar surface area (TPSA) is 26.3 Å². The molecule has 20 heavy (non-hydrogen) atoms. The first kappa shape index (κ1) is 12.9. The highest BCUT2D eigenvalue weighted by Gasteiger charge is 2.47. The molecule has 0 bridgehead atoms. The average Bonchev–Trinajstić information content (AvgIpc) is 2.77. The molecule has 0 amide bonds.